The quantitative estimate of drug-likeness (QED) is 0.849. The summed E-state index contributed by atoms with van der Waals surface area (Å²) in [6, 6.07) is 0.196. The van der Waals surface area contributed by atoms with Gasteiger partial charge in [0.15, 0.2) is 0 Å². The van der Waals surface area contributed by atoms with Gasteiger partial charge in [-0.25, -0.2) is 9.97 Å². The van der Waals surface area contributed by atoms with Crippen molar-refractivity contribution in [3.8, 4) is 0 Å². The van der Waals surface area contributed by atoms with E-state index in [-0.39, 0.29) is 11.6 Å². The van der Waals surface area contributed by atoms with Crippen molar-refractivity contribution >= 4 is 0 Å². The summed E-state index contributed by atoms with van der Waals surface area (Å²) < 4.78 is 5.85. The van der Waals surface area contributed by atoms with E-state index in [1.807, 2.05) is 19.5 Å². The van der Waals surface area contributed by atoms with Crippen molar-refractivity contribution in [2.45, 2.75) is 44.2 Å². The van der Waals surface area contributed by atoms with E-state index in [2.05, 4.69) is 22.2 Å². The highest BCUT2D eigenvalue weighted by Crippen LogP contribution is 2.42. The normalized spacial score (nSPS) is 20.4. The van der Waals surface area contributed by atoms with Gasteiger partial charge in [0, 0.05) is 25.1 Å². The standard InChI is InChI=1S/C13H21N3O/c1-3-16-12(11-8-14-10-15-9-11)13(17-2)6-4-5-7-13/h8-10,12,16H,3-7H2,1-2H3. The smallest absolute Gasteiger partial charge is 0.115 e. The molecule has 0 saturated heterocycles. The molecular weight excluding hydrogens is 214 g/mol. The van der Waals surface area contributed by atoms with Crippen LogP contribution in [0.2, 0.25) is 0 Å². The molecule has 0 spiro atoms. The molecule has 17 heavy (non-hydrogen) atoms. The summed E-state index contributed by atoms with van der Waals surface area (Å²) in [4.78, 5) is 8.24. The lowest BCUT2D eigenvalue weighted by molar-refractivity contribution is -0.0365. The molecule has 0 aromatic carbocycles. The molecule has 0 radical (unpaired) electrons. The molecule has 4 nitrogen and oxygen atoms in total. The summed E-state index contributed by atoms with van der Waals surface area (Å²) in [6.07, 6.45) is 10.0. The summed E-state index contributed by atoms with van der Waals surface area (Å²) >= 11 is 0. The first-order chi connectivity index (χ1) is 8.32. The van der Waals surface area contributed by atoms with E-state index < -0.39 is 0 Å². The third-order valence-corrected chi connectivity index (χ3v) is 3.70. The van der Waals surface area contributed by atoms with Gasteiger partial charge in [0.05, 0.1) is 11.6 Å². The molecule has 1 heterocycles. The third-order valence-electron chi connectivity index (χ3n) is 3.70. The Kier molecular flexibility index (Phi) is 4.07. The Morgan fingerprint density at radius 2 is 2.00 bits per heavy atom. The van der Waals surface area contributed by atoms with E-state index in [1.54, 1.807) is 6.33 Å². The fourth-order valence-corrected chi connectivity index (χ4v) is 2.86. The summed E-state index contributed by atoms with van der Waals surface area (Å²) in [5.41, 5.74) is 1.04. The highest BCUT2D eigenvalue weighted by molar-refractivity contribution is 5.16. The molecule has 1 saturated carbocycles. The average molecular weight is 235 g/mol. The zero-order chi connectivity index (χ0) is 12.1. The number of aromatic nitrogens is 2. The van der Waals surface area contributed by atoms with Gasteiger partial charge in [-0.3, -0.25) is 0 Å². The molecule has 0 amide bonds. The molecule has 1 aromatic heterocycles. The number of nitrogens with zero attached hydrogens (tertiary/aromatic N) is 2. The van der Waals surface area contributed by atoms with E-state index in [0.29, 0.717) is 0 Å². The zero-order valence-corrected chi connectivity index (χ0v) is 10.6. The van der Waals surface area contributed by atoms with Gasteiger partial charge in [0.1, 0.15) is 6.33 Å². The molecule has 1 unspecified atom stereocenters. The predicted octanol–water partition coefficient (Wildman–Crippen LogP) is 2.09. The maximum absolute atomic E-state index is 5.85. The van der Waals surface area contributed by atoms with Crippen LogP contribution in [0.15, 0.2) is 18.7 Å². The minimum absolute atomic E-state index is 0.0826. The van der Waals surface area contributed by atoms with E-state index in [4.69, 9.17) is 4.74 Å². The van der Waals surface area contributed by atoms with Crippen molar-refractivity contribution in [2.24, 2.45) is 0 Å². The molecule has 1 aliphatic rings. The lowest BCUT2D eigenvalue weighted by Gasteiger charge is -2.36. The van der Waals surface area contributed by atoms with Crippen LogP contribution in [0, 0.1) is 0 Å². The van der Waals surface area contributed by atoms with Gasteiger partial charge >= 0.3 is 0 Å². The summed E-state index contributed by atoms with van der Waals surface area (Å²) in [7, 11) is 1.82. The highest BCUT2D eigenvalue weighted by Gasteiger charge is 2.42. The lowest BCUT2D eigenvalue weighted by atomic mass is 9.88. The van der Waals surface area contributed by atoms with Gasteiger partial charge < -0.3 is 10.1 Å². The minimum atomic E-state index is -0.0826. The molecule has 1 N–H and O–H groups in total. The number of methoxy groups -OCH3 is 1. The van der Waals surface area contributed by atoms with Crippen molar-refractivity contribution in [1.29, 1.82) is 0 Å². The second-order valence-electron chi connectivity index (χ2n) is 4.64. The van der Waals surface area contributed by atoms with Crippen LogP contribution in [0.4, 0.5) is 0 Å². The van der Waals surface area contributed by atoms with E-state index in [0.717, 1.165) is 24.9 Å². The second-order valence-corrected chi connectivity index (χ2v) is 4.64. The van der Waals surface area contributed by atoms with E-state index in [9.17, 15) is 0 Å². The summed E-state index contributed by atoms with van der Waals surface area (Å²) in [5, 5.41) is 3.53. The van der Waals surface area contributed by atoms with Gasteiger partial charge in [-0.2, -0.15) is 0 Å². The van der Waals surface area contributed by atoms with Crippen molar-refractivity contribution in [1.82, 2.24) is 15.3 Å². The van der Waals surface area contributed by atoms with Crippen LogP contribution in [-0.2, 0) is 4.74 Å². The third kappa shape index (κ3) is 2.48. The van der Waals surface area contributed by atoms with Crippen molar-refractivity contribution in [3.63, 3.8) is 0 Å². The number of hydrogen-bond acceptors (Lipinski definition) is 4. The average Bonchev–Trinajstić information content (AvgIpc) is 2.87. The van der Waals surface area contributed by atoms with Gasteiger partial charge in [-0.1, -0.05) is 19.8 Å². The van der Waals surface area contributed by atoms with E-state index >= 15 is 0 Å². The number of rotatable bonds is 5. The van der Waals surface area contributed by atoms with E-state index in [1.165, 1.54) is 12.8 Å². The Balaban J connectivity index is 2.27. The molecule has 2 rings (SSSR count). The van der Waals surface area contributed by atoms with Gasteiger partial charge in [-0.15, -0.1) is 0 Å². The first-order valence-corrected chi connectivity index (χ1v) is 6.36. The fraction of sp³-hybridized carbons (Fsp3) is 0.692. The molecule has 1 aliphatic carbocycles. The van der Waals surface area contributed by atoms with Gasteiger partial charge in [-0.05, 0) is 19.4 Å². The highest BCUT2D eigenvalue weighted by atomic mass is 16.5. The Morgan fingerprint density at radius 3 is 2.53 bits per heavy atom. The number of ether oxygens (including phenoxy) is 1. The molecule has 1 aromatic rings. The summed E-state index contributed by atoms with van der Waals surface area (Å²) in [6.45, 7) is 3.04. The monoisotopic (exact) mass is 235 g/mol. The second kappa shape index (κ2) is 5.56. The molecular formula is C13H21N3O. The van der Waals surface area contributed by atoms with Crippen molar-refractivity contribution in [3.05, 3.63) is 24.3 Å². The molecule has 0 bridgehead atoms. The molecule has 4 heteroatoms. The molecule has 1 atom stereocenters. The number of likely N-dealkylation sites (N-methyl/N-ethyl adjacent to an activating group) is 1. The largest absolute Gasteiger partial charge is 0.376 e. The summed E-state index contributed by atoms with van der Waals surface area (Å²) in [5.74, 6) is 0. The first-order valence-electron chi connectivity index (χ1n) is 6.36. The van der Waals surface area contributed by atoms with Crippen LogP contribution >= 0.6 is 0 Å². The number of nitrogens with one attached hydrogen (secondary N) is 1. The lowest BCUT2D eigenvalue weighted by Crippen LogP contribution is -2.43. The molecule has 94 valence electrons. The van der Waals surface area contributed by atoms with Crippen LogP contribution in [0.5, 0.6) is 0 Å². The maximum Gasteiger partial charge on any atom is 0.115 e. The Labute approximate surface area is 103 Å². The Hall–Kier alpha value is -1.00. The Morgan fingerprint density at radius 1 is 1.35 bits per heavy atom. The van der Waals surface area contributed by atoms with Crippen LogP contribution in [-0.4, -0.2) is 29.2 Å². The first kappa shape index (κ1) is 12.5. The van der Waals surface area contributed by atoms with Crippen LogP contribution in [0.3, 0.4) is 0 Å². The Bertz CT molecular complexity index is 336. The van der Waals surface area contributed by atoms with Gasteiger partial charge in [0.2, 0.25) is 0 Å². The predicted molar refractivity (Wildman–Crippen MR) is 66.7 cm³/mol. The topological polar surface area (TPSA) is 47.0 Å². The van der Waals surface area contributed by atoms with Gasteiger partial charge in [0.25, 0.3) is 0 Å². The van der Waals surface area contributed by atoms with Crippen LogP contribution < -0.4 is 5.32 Å². The number of hydrogen-bond donors (Lipinski definition) is 1. The zero-order valence-electron chi connectivity index (χ0n) is 10.6. The van der Waals surface area contributed by atoms with Crippen LogP contribution in [0.25, 0.3) is 0 Å². The van der Waals surface area contributed by atoms with Crippen LogP contribution in [0.1, 0.15) is 44.2 Å². The SMILES string of the molecule is CCNC(c1cncnc1)C1(OC)CCCC1. The maximum atomic E-state index is 5.85. The minimum Gasteiger partial charge on any atom is -0.376 e. The molecule has 1 fully saturated rings. The fourth-order valence-electron chi connectivity index (χ4n) is 2.86. The molecule has 0 aliphatic heterocycles. The van der Waals surface area contributed by atoms with Crippen molar-refractivity contribution in [2.75, 3.05) is 13.7 Å². The van der Waals surface area contributed by atoms with Crippen molar-refractivity contribution < 1.29 is 4.74 Å².